The molecule has 1 aliphatic rings. The van der Waals surface area contributed by atoms with Crippen molar-refractivity contribution in [1.29, 1.82) is 0 Å². The van der Waals surface area contributed by atoms with Crippen LogP contribution in [0.3, 0.4) is 0 Å². The van der Waals surface area contributed by atoms with Gasteiger partial charge in [-0.2, -0.15) is 0 Å². The smallest absolute Gasteiger partial charge is 0.341 e. The fraction of sp³-hybridized carbons (Fsp3) is 0.0909. The third-order valence-corrected chi connectivity index (χ3v) is 5.54. The van der Waals surface area contributed by atoms with Gasteiger partial charge < -0.3 is 19.5 Å². The molecule has 0 saturated carbocycles. The standard InChI is InChI=1S/C22H16ClNO5S/c1-27-22(26)20-16(14-4-6-15(23)7-5-14)11-30-21(20)24-19(25)9-3-13-2-8-17-18(10-13)29-12-28-17/h2-11H,12H2,1H3,(H,24,25). The van der Waals surface area contributed by atoms with Gasteiger partial charge in [-0.05, 0) is 41.5 Å². The molecule has 152 valence electrons. The van der Waals surface area contributed by atoms with Crippen molar-refractivity contribution >= 4 is 45.9 Å². The number of halogens is 1. The summed E-state index contributed by atoms with van der Waals surface area (Å²) >= 11 is 7.20. The van der Waals surface area contributed by atoms with Gasteiger partial charge in [0.2, 0.25) is 12.7 Å². The van der Waals surface area contributed by atoms with Gasteiger partial charge in [0.25, 0.3) is 0 Å². The average Bonchev–Trinajstić information content (AvgIpc) is 3.39. The second-order valence-corrected chi connectivity index (χ2v) is 7.60. The Labute approximate surface area is 181 Å². The van der Waals surface area contributed by atoms with E-state index in [1.807, 2.05) is 18.2 Å². The van der Waals surface area contributed by atoms with Crippen molar-refractivity contribution in [2.24, 2.45) is 0 Å². The molecule has 1 amide bonds. The van der Waals surface area contributed by atoms with Crippen molar-refractivity contribution < 1.29 is 23.8 Å². The minimum atomic E-state index is -0.531. The summed E-state index contributed by atoms with van der Waals surface area (Å²) in [6, 6.07) is 12.5. The third kappa shape index (κ3) is 4.17. The highest BCUT2D eigenvalue weighted by atomic mass is 35.5. The van der Waals surface area contributed by atoms with E-state index in [-0.39, 0.29) is 12.7 Å². The molecule has 0 radical (unpaired) electrons. The summed E-state index contributed by atoms with van der Waals surface area (Å²) in [4.78, 5) is 24.8. The number of esters is 1. The molecule has 8 heteroatoms. The molecule has 2 aromatic carbocycles. The van der Waals surface area contributed by atoms with E-state index in [9.17, 15) is 9.59 Å². The predicted molar refractivity (Wildman–Crippen MR) is 116 cm³/mol. The SMILES string of the molecule is COC(=O)c1c(-c2ccc(Cl)cc2)csc1NC(=O)C=Cc1ccc2c(c1)OCO2. The Hall–Kier alpha value is -3.29. The lowest BCUT2D eigenvalue weighted by Gasteiger charge is -2.07. The summed E-state index contributed by atoms with van der Waals surface area (Å²) in [5.74, 6) is 0.405. The minimum absolute atomic E-state index is 0.188. The molecule has 0 saturated heterocycles. The van der Waals surface area contributed by atoms with Crippen molar-refractivity contribution in [3.63, 3.8) is 0 Å². The Kier molecular flexibility index (Phi) is 5.74. The van der Waals surface area contributed by atoms with Crippen LogP contribution >= 0.6 is 22.9 Å². The largest absolute Gasteiger partial charge is 0.465 e. The van der Waals surface area contributed by atoms with Crippen LogP contribution < -0.4 is 14.8 Å². The molecule has 3 aromatic rings. The average molecular weight is 442 g/mol. The molecular weight excluding hydrogens is 426 g/mol. The summed E-state index contributed by atoms with van der Waals surface area (Å²) < 4.78 is 15.5. The van der Waals surface area contributed by atoms with E-state index in [0.29, 0.717) is 32.6 Å². The molecule has 4 rings (SSSR count). The molecule has 2 heterocycles. The maximum atomic E-state index is 12.5. The van der Waals surface area contributed by atoms with Crippen LogP contribution in [0.5, 0.6) is 11.5 Å². The van der Waals surface area contributed by atoms with Crippen molar-refractivity contribution in [2.75, 3.05) is 19.2 Å². The van der Waals surface area contributed by atoms with Gasteiger partial charge in [0, 0.05) is 22.0 Å². The number of methoxy groups -OCH3 is 1. The molecule has 1 N–H and O–H groups in total. The van der Waals surface area contributed by atoms with Gasteiger partial charge in [0.1, 0.15) is 10.6 Å². The zero-order valence-electron chi connectivity index (χ0n) is 15.8. The molecule has 30 heavy (non-hydrogen) atoms. The van der Waals surface area contributed by atoms with Gasteiger partial charge in [-0.3, -0.25) is 4.79 Å². The first-order valence-electron chi connectivity index (χ1n) is 8.89. The lowest BCUT2D eigenvalue weighted by atomic mass is 10.0. The number of rotatable bonds is 5. The number of nitrogens with one attached hydrogen (secondary N) is 1. The summed E-state index contributed by atoms with van der Waals surface area (Å²) in [5, 5.41) is 5.56. The number of thiophene rings is 1. The maximum absolute atomic E-state index is 12.5. The van der Waals surface area contributed by atoms with Crippen LogP contribution in [0.25, 0.3) is 17.2 Å². The normalized spacial score (nSPS) is 12.2. The summed E-state index contributed by atoms with van der Waals surface area (Å²) in [6.45, 7) is 0.188. The van der Waals surface area contributed by atoms with Crippen LogP contribution in [0.2, 0.25) is 5.02 Å². The molecule has 0 bridgehead atoms. The summed E-state index contributed by atoms with van der Waals surface area (Å²) in [5.41, 5.74) is 2.55. The zero-order chi connectivity index (χ0) is 21.1. The second kappa shape index (κ2) is 8.61. The van der Waals surface area contributed by atoms with E-state index in [4.69, 9.17) is 25.8 Å². The van der Waals surface area contributed by atoms with Crippen LogP contribution in [-0.2, 0) is 9.53 Å². The van der Waals surface area contributed by atoms with E-state index in [1.165, 1.54) is 24.5 Å². The van der Waals surface area contributed by atoms with Crippen molar-refractivity contribution in [3.05, 3.63) is 70.1 Å². The van der Waals surface area contributed by atoms with Gasteiger partial charge in [-0.15, -0.1) is 11.3 Å². The van der Waals surface area contributed by atoms with E-state index in [0.717, 1.165) is 11.1 Å². The molecule has 0 fully saturated rings. The molecule has 1 aromatic heterocycles. The lowest BCUT2D eigenvalue weighted by Crippen LogP contribution is -2.11. The minimum Gasteiger partial charge on any atom is -0.465 e. The van der Waals surface area contributed by atoms with Gasteiger partial charge >= 0.3 is 5.97 Å². The zero-order valence-corrected chi connectivity index (χ0v) is 17.4. The molecule has 0 unspecified atom stereocenters. The quantitative estimate of drug-likeness (QED) is 0.433. The van der Waals surface area contributed by atoms with E-state index in [2.05, 4.69) is 5.32 Å². The highest BCUT2D eigenvalue weighted by Crippen LogP contribution is 2.37. The lowest BCUT2D eigenvalue weighted by molar-refractivity contribution is -0.111. The first-order valence-corrected chi connectivity index (χ1v) is 10.2. The molecule has 6 nitrogen and oxygen atoms in total. The number of fused-ring (bicyclic) bond motifs is 1. The molecular formula is C22H16ClNO5S. The number of amides is 1. The number of ether oxygens (including phenoxy) is 3. The topological polar surface area (TPSA) is 73.9 Å². The van der Waals surface area contributed by atoms with Crippen molar-refractivity contribution in [1.82, 2.24) is 0 Å². The number of carbonyl (C=O) groups is 2. The molecule has 0 atom stereocenters. The Balaban J connectivity index is 1.55. The second-order valence-electron chi connectivity index (χ2n) is 6.29. The summed E-state index contributed by atoms with van der Waals surface area (Å²) in [7, 11) is 1.30. The van der Waals surface area contributed by atoms with Crippen LogP contribution in [0.15, 0.2) is 53.9 Å². The highest BCUT2D eigenvalue weighted by Gasteiger charge is 2.22. The predicted octanol–water partition coefficient (Wildman–Crippen LogP) is 5.24. The highest BCUT2D eigenvalue weighted by molar-refractivity contribution is 7.15. The number of carbonyl (C=O) groups excluding carboxylic acids is 2. The summed E-state index contributed by atoms with van der Waals surface area (Å²) in [6.07, 6.45) is 3.04. The van der Waals surface area contributed by atoms with E-state index < -0.39 is 5.97 Å². The fourth-order valence-electron chi connectivity index (χ4n) is 2.94. The first kappa shape index (κ1) is 20.0. The van der Waals surface area contributed by atoms with Crippen molar-refractivity contribution in [3.8, 4) is 22.6 Å². The first-order chi connectivity index (χ1) is 14.5. The molecule has 0 aliphatic carbocycles. The molecule has 1 aliphatic heterocycles. The van der Waals surface area contributed by atoms with Crippen LogP contribution in [0, 0.1) is 0 Å². The van der Waals surface area contributed by atoms with Gasteiger partial charge in [0.15, 0.2) is 11.5 Å². The van der Waals surface area contributed by atoms with Crippen LogP contribution in [0.4, 0.5) is 5.00 Å². The monoisotopic (exact) mass is 441 g/mol. The number of anilines is 1. The Morgan fingerprint density at radius 1 is 1.13 bits per heavy atom. The maximum Gasteiger partial charge on any atom is 0.341 e. The van der Waals surface area contributed by atoms with Crippen molar-refractivity contribution in [2.45, 2.75) is 0 Å². The van der Waals surface area contributed by atoms with E-state index >= 15 is 0 Å². The van der Waals surface area contributed by atoms with Crippen LogP contribution in [0.1, 0.15) is 15.9 Å². The molecule has 0 spiro atoms. The Morgan fingerprint density at radius 2 is 1.90 bits per heavy atom. The van der Waals surface area contributed by atoms with E-state index in [1.54, 1.807) is 35.7 Å². The van der Waals surface area contributed by atoms with Gasteiger partial charge in [-0.25, -0.2) is 4.79 Å². The Morgan fingerprint density at radius 3 is 2.67 bits per heavy atom. The van der Waals surface area contributed by atoms with Gasteiger partial charge in [-0.1, -0.05) is 29.8 Å². The third-order valence-electron chi connectivity index (χ3n) is 4.40. The number of hydrogen-bond donors (Lipinski definition) is 1. The fourth-order valence-corrected chi connectivity index (χ4v) is 4.03. The van der Waals surface area contributed by atoms with Crippen LogP contribution in [-0.4, -0.2) is 25.8 Å². The van der Waals surface area contributed by atoms with Gasteiger partial charge in [0.05, 0.1) is 7.11 Å². The Bertz CT molecular complexity index is 1140. The number of benzene rings is 2. The number of hydrogen-bond acceptors (Lipinski definition) is 6.